The highest BCUT2D eigenvalue weighted by atomic mass is 31.2. The molecular formula is C32H53O12P. The Morgan fingerprint density at radius 3 is 2.13 bits per heavy atom. The molecule has 4 fully saturated rings. The van der Waals surface area contributed by atoms with E-state index in [1.165, 1.54) is 64.2 Å². The van der Waals surface area contributed by atoms with Gasteiger partial charge < -0.3 is 34.6 Å². The smallest absolute Gasteiger partial charge is 0.481 e. The molecule has 12 nitrogen and oxygen atoms in total. The molecule has 13 heteroatoms. The number of carbonyl (C=O) groups excluding carboxylic acids is 1. The molecule has 0 aromatic rings. The van der Waals surface area contributed by atoms with Crippen LogP contribution in [0.5, 0.6) is 0 Å². The second kappa shape index (κ2) is 15.6. The predicted molar refractivity (Wildman–Crippen MR) is 163 cm³/mol. The van der Waals surface area contributed by atoms with Gasteiger partial charge >= 0.3 is 31.7 Å². The predicted octanol–water partition coefficient (Wildman–Crippen LogP) is 6.38. The number of hydrogen-bond acceptors (Lipinski definition) is 7. The molecule has 4 aliphatic rings. The summed E-state index contributed by atoms with van der Waals surface area (Å²) in [6.45, 7) is 6.77. The molecule has 4 rings (SSSR count). The number of carboxylic acids is 2. The van der Waals surface area contributed by atoms with Crippen LogP contribution in [-0.2, 0) is 28.4 Å². The van der Waals surface area contributed by atoms with E-state index in [-0.39, 0.29) is 6.42 Å². The van der Waals surface area contributed by atoms with Crippen molar-refractivity contribution in [2.75, 3.05) is 13.0 Å². The van der Waals surface area contributed by atoms with E-state index in [0.717, 1.165) is 36.0 Å². The zero-order valence-corrected chi connectivity index (χ0v) is 27.8. The molecule has 9 atom stereocenters. The normalized spacial score (nSPS) is 33.6. The van der Waals surface area contributed by atoms with Gasteiger partial charge in [-0.1, -0.05) is 33.6 Å². The molecule has 8 unspecified atom stereocenters. The van der Waals surface area contributed by atoms with Gasteiger partial charge in [0.15, 0.2) is 0 Å². The molecule has 0 aromatic carbocycles. The average Bonchev–Trinajstić information content (AvgIpc) is 3.30. The summed E-state index contributed by atoms with van der Waals surface area (Å²) in [6.07, 6.45) is 12.4. The van der Waals surface area contributed by atoms with Gasteiger partial charge in [0.05, 0.1) is 12.1 Å². The second-order valence-corrected chi connectivity index (χ2v) is 16.2. The number of hydrogen-bond donors (Lipinski definition) is 5. The monoisotopic (exact) mass is 660 g/mol. The van der Waals surface area contributed by atoms with Crippen molar-refractivity contribution in [1.82, 2.24) is 0 Å². The lowest BCUT2D eigenvalue weighted by atomic mass is 9.44. The molecule has 0 bridgehead atoms. The maximum absolute atomic E-state index is 11.0. The van der Waals surface area contributed by atoms with Crippen LogP contribution in [-0.4, -0.2) is 62.1 Å². The van der Waals surface area contributed by atoms with Crippen molar-refractivity contribution < 1.29 is 58.3 Å². The van der Waals surface area contributed by atoms with Crippen LogP contribution in [0.15, 0.2) is 0 Å². The molecule has 0 spiro atoms. The maximum atomic E-state index is 11.0. The fourth-order valence-electron chi connectivity index (χ4n) is 9.91. The number of aliphatic carboxylic acids is 2. The van der Waals surface area contributed by atoms with Gasteiger partial charge in [-0.2, -0.15) is 0 Å². The molecule has 0 radical (unpaired) electrons. The van der Waals surface area contributed by atoms with E-state index in [0.29, 0.717) is 23.2 Å². The minimum atomic E-state index is -4.51. The number of fused-ring (bicyclic) bond motifs is 5. The van der Waals surface area contributed by atoms with Gasteiger partial charge in [0.2, 0.25) is 6.79 Å². The highest BCUT2D eigenvalue weighted by Crippen LogP contribution is 2.68. The third-order valence-electron chi connectivity index (χ3n) is 12.1. The summed E-state index contributed by atoms with van der Waals surface area (Å²) in [6, 6.07) is 0. The zero-order valence-electron chi connectivity index (χ0n) is 26.9. The van der Waals surface area contributed by atoms with Crippen LogP contribution in [0.3, 0.4) is 0 Å². The molecule has 5 N–H and O–H groups in total. The Hall–Kier alpha value is -2.17. The minimum absolute atomic E-state index is 0.341. The average molecular weight is 661 g/mol. The van der Waals surface area contributed by atoms with Gasteiger partial charge in [-0.3, -0.25) is 18.9 Å². The Morgan fingerprint density at radius 1 is 0.822 bits per heavy atom. The summed E-state index contributed by atoms with van der Waals surface area (Å²) in [7, 11) is -4.51. The van der Waals surface area contributed by atoms with E-state index in [1.54, 1.807) is 0 Å². The molecule has 0 aromatic heterocycles. The van der Waals surface area contributed by atoms with E-state index < -0.39 is 57.0 Å². The second-order valence-electron chi connectivity index (χ2n) is 14.5. The van der Waals surface area contributed by atoms with E-state index in [1.807, 2.05) is 0 Å². The van der Waals surface area contributed by atoms with E-state index in [2.05, 4.69) is 30.2 Å². The van der Waals surface area contributed by atoms with Crippen molar-refractivity contribution in [3.63, 3.8) is 0 Å². The first kappa shape index (κ1) is 37.3. The fraction of sp³-hybridized carbons (Fsp3) is 0.875. The zero-order chi connectivity index (χ0) is 33.6. The van der Waals surface area contributed by atoms with Gasteiger partial charge in [0.25, 0.3) is 0 Å². The Bertz CT molecular complexity index is 1110. The number of ether oxygens (including phenoxy) is 2. The third kappa shape index (κ3) is 9.67. The summed E-state index contributed by atoms with van der Waals surface area (Å²) < 4.78 is 18.8. The van der Waals surface area contributed by atoms with Crippen LogP contribution in [0.25, 0.3) is 0 Å². The van der Waals surface area contributed by atoms with Crippen LogP contribution >= 0.6 is 7.60 Å². The van der Waals surface area contributed by atoms with Crippen LogP contribution in [0.1, 0.15) is 111 Å². The number of carbonyl (C=O) groups is 4. The molecule has 0 saturated heterocycles. The Kier molecular flexibility index (Phi) is 12.9. The Labute approximate surface area is 265 Å². The highest BCUT2D eigenvalue weighted by molar-refractivity contribution is 7.51. The van der Waals surface area contributed by atoms with Gasteiger partial charge in [0, 0.05) is 12.8 Å². The van der Waals surface area contributed by atoms with Gasteiger partial charge in [0.1, 0.15) is 0 Å². The largest absolute Gasteiger partial charge is 0.508 e. The summed E-state index contributed by atoms with van der Waals surface area (Å²) >= 11 is 0. The molecule has 4 aliphatic carbocycles. The van der Waals surface area contributed by atoms with Crippen molar-refractivity contribution in [2.24, 2.45) is 52.3 Å². The summed E-state index contributed by atoms with van der Waals surface area (Å²) in [4.78, 5) is 60.0. The standard InChI is InChI=1S/C24H40O2.C8H13O10P/c1-16(7-12-22(25)26)19-10-11-20-18-9-8-17-6-4-5-14-23(17,2)21(18)13-15-24(19,20)3;9-6(17-4-18-8(12)13)2-1-5(7(10)11)3-19(14,15)16/h16-21H,4-15H2,1-3H3,(H,25,26);5H,1-4H2,(H,10,11)(H,12,13)(H2,14,15,16)/t16-,17?,18?,19?,20?,21?,23?,24?;/m1./s1. The molecule has 258 valence electrons. The van der Waals surface area contributed by atoms with Gasteiger partial charge in [-0.05, 0) is 111 Å². The van der Waals surface area contributed by atoms with E-state index in [4.69, 9.17) is 25.1 Å². The Balaban J connectivity index is 0.000000261. The van der Waals surface area contributed by atoms with Gasteiger partial charge in [-0.15, -0.1) is 0 Å². The lowest BCUT2D eigenvalue weighted by molar-refractivity contribution is -0.153. The SMILES string of the molecule is C[C@H](CCC(=O)O)C1CCC2C3CCC4CCCCC4(C)C3CCC21C.O=C(O)OCOC(=O)CCC(CP(=O)(O)O)C(=O)O. The number of esters is 1. The molecule has 45 heavy (non-hydrogen) atoms. The minimum Gasteiger partial charge on any atom is -0.481 e. The van der Waals surface area contributed by atoms with Crippen molar-refractivity contribution in [3.05, 3.63) is 0 Å². The molecular weight excluding hydrogens is 607 g/mol. The number of rotatable bonds is 12. The lowest BCUT2D eigenvalue weighted by Gasteiger charge is -2.61. The lowest BCUT2D eigenvalue weighted by Crippen LogP contribution is -2.53. The molecule has 0 heterocycles. The first-order valence-corrected chi connectivity index (χ1v) is 18.3. The number of carboxylic acid groups (broad SMARTS) is 3. The molecule has 0 amide bonds. The first-order chi connectivity index (χ1) is 21.0. The van der Waals surface area contributed by atoms with Crippen LogP contribution in [0, 0.1) is 52.3 Å². The van der Waals surface area contributed by atoms with E-state index in [9.17, 15) is 23.7 Å². The van der Waals surface area contributed by atoms with E-state index >= 15 is 0 Å². The van der Waals surface area contributed by atoms with Crippen molar-refractivity contribution in [3.8, 4) is 0 Å². The first-order valence-electron chi connectivity index (χ1n) is 16.5. The third-order valence-corrected chi connectivity index (χ3v) is 13.0. The topological polar surface area (TPSA) is 205 Å². The Morgan fingerprint density at radius 2 is 1.51 bits per heavy atom. The van der Waals surface area contributed by atoms with Crippen molar-refractivity contribution in [2.45, 2.75) is 111 Å². The van der Waals surface area contributed by atoms with Gasteiger partial charge in [-0.25, -0.2) is 4.79 Å². The summed E-state index contributed by atoms with van der Waals surface area (Å²) in [5.74, 6) is 0.793. The molecule has 0 aliphatic heterocycles. The quantitative estimate of drug-likeness (QED) is 0.0879. The fourth-order valence-corrected chi connectivity index (χ4v) is 10.8. The maximum Gasteiger partial charge on any atom is 0.508 e. The van der Waals surface area contributed by atoms with Crippen molar-refractivity contribution >= 4 is 31.7 Å². The summed E-state index contributed by atoms with van der Waals surface area (Å²) in [5.41, 5.74) is 1.12. The van der Waals surface area contributed by atoms with Crippen LogP contribution < -0.4 is 0 Å². The highest BCUT2D eigenvalue weighted by Gasteiger charge is 2.60. The molecule has 4 saturated carbocycles. The van der Waals surface area contributed by atoms with Crippen LogP contribution in [0.2, 0.25) is 0 Å². The van der Waals surface area contributed by atoms with Crippen LogP contribution in [0.4, 0.5) is 4.79 Å². The summed E-state index contributed by atoms with van der Waals surface area (Å²) in [5, 5.41) is 25.9. The van der Waals surface area contributed by atoms with Crippen molar-refractivity contribution in [1.29, 1.82) is 0 Å².